The number of halogens is 1. The molecule has 2 N–H and O–H groups in total. The van der Waals surface area contributed by atoms with E-state index in [4.69, 9.17) is 16.7 Å². The zero-order valence-electron chi connectivity index (χ0n) is 10.1. The Labute approximate surface area is 112 Å². The first kappa shape index (κ1) is 15.1. The summed E-state index contributed by atoms with van der Waals surface area (Å²) in [7, 11) is -0.822. The number of aliphatic hydroxyl groups is 1. The molecule has 1 rings (SSSR count). The van der Waals surface area contributed by atoms with Crippen LogP contribution in [0.5, 0.6) is 0 Å². The maximum atomic E-state index is 11.7. The van der Waals surface area contributed by atoms with Crippen LogP contribution >= 0.6 is 11.6 Å². The number of aromatic nitrogens is 2. The third-order valence-corrected chi connectivity index (χ3v) is 3.45. The van der Waals surface area contributed by atoms with E-state index in [1.165, 1.54) is 6.20 Å². The largest absolute Gasteiger partial charge is 0.394 e. The predicted octanol–water partition coefficient (Wildman–Crippen LogP) is 0.0695. The molecular weight excluding hydrogens is 278 g/mol. The van der Waals surface area contributed by atoms with Gasteiger partial charge in [0.15, 0.2) is 0 Å². The molecule has 0 saturated carbocycles. The maximum absolute atomic E-state index is 11.7. The molecule has 0 amide bonds. The lowest BCUT2D eigenvalue weighted by molar-refractivity contribution is 0.266. The number of hydrogen-bond acceptors (Lipinski definition) is 5. The molecule has 0 aliphatic heterocycles. The molecule has 1 aromatic rings. The van der Waals surface area contributed by atoms with Gasteiger partial charge in [-0.25, -0.2) is 4.68 Å². The highest BCUT2D eigenvalue weighted by Crippen LogP contribution is 2.14. The molecule has 0 aliphatic carbocycles. The van der Waals surface area contributed by atoms with Gasteiger partial charge in [0.05, 0.1) is 25.0 Å². The van der Waals surface area contributed by atoms with Crippen molar-refractivity contribution in [3.63, 3.8) is 0 Å². The lowest BCUT2D eigenvalue weighted by Gasteiger charge is -2.09. The van der Waals surface area contributed by atoms with E-state index in [2.05, 4.69) is 10.4 Å². The minimum Gasteiger partial charge on any atom is -0.394 e. The van der Waals surface area contributed by atoms with Crippen LogP contribution < -0.4 is 10.9 Å². The maximum Gasteiger partial charge on any atom is 0.287 e. The van der Waals surface area contributed by atoms with Crippen molar-refractivity contribution >= 4 is 28.1 Å². The Hall–Kier alpha value is -0.920. The number of hydrogen-bond donors (Lipinski definition) is 2. The van der Waals surface area contributed by atoms with Crippen molar-refractivity contribution in [2.24, 2.45) is 0 Å². The van der Waals surface area contributed by atoms with E-state index in [0.717, 1.165) is 11.1 Å². The Morgan fingerprint density at radius 1 is 1.61 bits per heavy atom. The smallest absolute Gasteiger partial charge is 0.287 e. The molecule has 0 saturated heterocycles. The van der Waals surface area contributed by atoms with Crippen LogP contribution in [0.25, 0.3) is 0 Å². The van der Waals surface area contributed by atoms with Crippen molar-refractivity contribution in [2.45, 2.75) is 13.0 Å². The van der Waals surface area contributed by atoms with E-state index >= 15 is 0 Å². The number of nitrogens with zero attached hydrogens (tertiary/aromatic N) is 2. The fourth-order valence-corrected chi connectivity index (χ4v) is 2.10. The van der Waals surface area contributed by atoms with E-state index in [-0.39, 0.29) is 18.2 Å². The first-order valence-electron chi connectivity index (χ1n) is 5.46. The minimum absolute atomic E-state index is 0.0519. The molecule has 102 valence electrons. The number of rotatable bonds is 7. The summed E-state index contributed by atoms with van der Waals surface area (Å²) < 4.78 is 12.0. The van der Waals surface area contributed by atoms with Gasteiger partial charge in [-0.3, -0.25) is 9.00 Å². The lowest BCUT2D eigenvalue weighted by Crippen LogP contribution is -2.25. The van der Waals surface area contributed by atoms with Gasteiger partial charge in [-0.05, 0) is 6.42 Å². The van der Waals surface area contributed by atoms with Crippen molar-refractivity contribution in [1.29, 1.82) is 0 Å². The van der Waals surface area contributed by atoms with Gasteiger partial charge in [0.25, 0.3) is 5.56 Å². The summed E-state index contributed by atoms with van der Waals surface area (Å²) in [6, 6.07) is 0. The summed E-state index contributed by atoms with van der Waals surface area (Å²) in [6.45, 7) is 0.524. The van der Waals surface area contributed by atoms with E-state index in [9.17, 15) is 9.00 Å². The zero-order valence-corrected chi connectivity index (χ0v) is 11.6. The van der Waals surface area contributed by atoms with E-state index in [1.807, 2.05) is 0 Å². The monoisotopic (exact) mass is 293 g/mol. The normalized spacial score (nSPS) is 12.4. The summed E-state index contributed by atoms with van der Waals surface area (Å²) in [5.41, 5.74) is 0.0209. The van der Waals surface area contributed by atoms with Crippen molar-refractivity contribution in [3.05, 3.63) is 21.6 Å². The molecule has 1 aromatic heterocycles. The van der Waals surface area contributed by atoms with Crippen LogP contribution in [-0.2, 0) is 17.3 Å². The van der Waals surface area contributed by atoms with Crippen LogP contribution in [0.1, 0.15) is 6.42 Å². The summed E-state index contributed by atoms with van der Waals surface area (Å²) in [4.78, 5) is 11.7. The van der Waals surface area contributed by atoms with Gasteiger partial charge in [-0.1, -0.05) is 11.6 Å². The zero-order chi connectivity index (χ0) is 13.5. The van der Waals surface area contributed by atoms with Gasteiger partial charge in [-0.15, -0.1) is 0 Å². The molecule has 8 heteroatoms. The molecule has 0 spiro atoms. The van der Waals surface area contributed by atoms with E-state index < -0.39 is 16.4 Å². The second-order valence-corrected chi connectivity index (χ2v) is 5.61. The van der Waals surface area contributed by atoms with Crippen LogP contribution in [0.15, 0.2) is 11.0 Å². The van der Waals surface area contributed by atoms with Crippen LogP contribution in [0.2, 0.25) is 5.02 Å². The van der Waals surface area contributed by atoms with Crippen LogP contribution in [0.4, 0.5) is 5.69 Å². The molecular formula is C10H16ClN3O3S. The fraction of sp³-hybridized carbons (Fsp3) is 0.600. The predicted molar refractivity (Wildman–Crippen MR) is 72.6 cm³/mol. The Balaban J connectivity index is 2.65. The minimum atomic E-state index is -0.822. The number of aliphatic hydroxyl groups excluding tert-OH is 1. The number of nitrogens with one attached hydrogen (secondary N) is 1. The quantitative estimate of drug-likeness (QED) is 0.695. The highest BCUT2D eigenvalue weighted by molar-refractivity contribution is 7.84. The Morgan fingerprint density at radius 2 is 2.33 bits per heavy atom. The standard InChI is InChI=1S/C10H16ClN3O3S/c1-18(17)6-2-3-12-8-7-13-14(4-5-15)10(16)9(8)11/h7,12,15H,2-6H2,1H3. The summed E-state index contributed by atoms with van der Waals surface area (Å²) in [5, 5.41) is 15.6. The lowest BCUT2D eigenvalue weighted by atomic mass is 10.4. The molecule has 0 fully saturated rings. The molecule has 0 aromatic carbocycles. The van der Waals surface area contributed by atoms with Crippen molar-refractivity contribution in [1.82, 2.24) is 9.78 Å². The fourth-order valence-electron chi connectivity index (χ4n) is 1.34. The second kappa shape index (κ2) is 7.50. The molecule has 0 bridgehead atoms. The average molecular weight is 294 g/mol. The number of anilines is 1. The molecule has 6 nitrogen and oxygen atoms in total. The Kier molecular flexibility index (Phi) is 6.31. The van der Waals surface area contributed by atoms with Crippen molar-refractivity contribution in [3.8, 4) is 0 Å². The highest BCUT2D eigenvalue weighted by Gasteiger charge is 2.08. The van der Waals surface area contributed by atoms with Crippen molar-refractivity contribution < 1.29 is 9.32 Å². The highest BCUT2D eigenvalue weighted by atomic mass is 35.5. The molecule has 18 heavy (non-hydrogen) atoms. The second-order valence-electron chi connectivity index (χ2n) is 3.68. The summed E-state index contributed by atoms with van der Waals surface area (Å²) >= 11 is 5.90. The summed E-state index contributed by atoms with van der Waals surface area (Å²) in [5.74, 6) is 0.597. The molecule has 1 unspecified atom stereocenters. The van der Waals surface area contributed by atoms with Gasteiger partial charge in [-0.2, -0.15) is 5.10 Å². The van der Waals surface area contributed by atoms with Gasteiger partial charge in [0.2, 0.25) is 0 Å². The van der Waals surface area contributed by atoms with Crippen molar-refractivity contribution in [2.75, 3.05) is 30.5 Å². The molecule has 0 aliphatic rings. The van der Waals surface area contributed by atoms with Crippen LogP contribution in [0, 0.1) is 0 Å². The Morgan fingerprint density at radius 3 is 2.94 bits per heavy atom. The molecule has 1 atom stereocenters. The first-order chi connectivity index (χ1) is 8.56. The Bertz CT molecular complexity index is 478. The first-order valence-corrected chi connectivity index (χ1v) is 7.57. The van der Waals surface area contributed by atoms with E-state index in [0.29, 0.717) is 18.0 Å². The summed E-state index contributed by atoms with van der Waals surface area (Å²) in [6.07, 6.45) is 3.81. The van der Waals surface area contributed by atoms with Gasteiger partial charge < -0.3 is 10.4 Å². The molecule has 1 heterocycles. The third-order valence-electron chi connectivity index (χ3n) is 2.22. The average Bonchev–Trinajstić information content (AvgIpc) is 2.33. The van der Waals surface area contributed by atoms with Crippen LogP contribution in [0.3, 0.4) is 0 Å². The SMILES string of the molecule is CS(=O)CCCNc1cnn(CCO)c(=O)c1Cl. The third kappa shape index (κ3) is 4.40. The van der Waals surface area contributed by atoms with Gasteiger partial charge in [0.1, 0.15) is 5.02 Å². The van der Waals surface area contributed by atoms with Crippen LogP contribution in [-0.4, -0.2) is 44.3 Å². The molecule has 0 radical (unpaired) electrons. The van der Waals surface area contributed by atoms with Gasteiger partial charge in [0, 0.05) is 29.4 Å². The van der Waals surface area contributed by atoms with Gasteiger partial charge >= 0.3 is 0 Å². The van der Waals surface area contributed by atoms with E-state index in [1.54, 1.807) is 6.26 Å². The topological polar surface area (TPSA) is 84.2 Å².